The molecule has 37 heteroatoms. The van der Waals surface area contributed by atoms with E-state index in [2.05, 4.69) is 101 Å². The van der Waals surface area contributed by atoms with Gasteiger partial charge in [0.05, 0.1) is 47.7 Å². The quantitative estimate of drug-likeness (QED) is 0.00866. The number of hydrogen-bond donors (Lipinski definition) is 8. The van der Waals surface area contributed by atoms with Crippen LogP contribution in [0.25, 0.3) is 0 Å². The summed E-state index contributed by atoms with van der Waals surface area (Å²) in [6.45, 7) is 42.7. The lowest BCUT2D eigenvalue weighted by Crippen LogP contribution is -2.43. The monoisotopic (exact) mass is 2400 g/mol. The van der Waals surface area contributed by atoms with Gasteiger partial charge in [0.25, 0.3) is 5.69 Å². The number of nitrogens with one attached hydrogen (secondary N) is 7. The van der Waals surface area contributed by atoms with E-state index in [-0.39, 0.29) is 55.2 Å². The summed E-state index contributed by atoms with van der Waals surface area (Å²) in [4.78, 5) is 96.6. The topological polar surface area (TPSA) is 378 Å². The van der Waals surface area contributed by atoms with Crippen LogP contribution in [0.3, 0.4) is 0 Å². The largest absolute Gasteiger partial charge is 0.496 e. The van der Waals surface area contributed by atoms with Crippen LogP contribution in [0.4, 0.5) is 5.69 Å². The van der Waals surface area contributed by atoms with Crippen molar-refractivity contribution in [3.63, 3.8) is 0 Å². The number of nitrogens with zero attached hydrogens (tertiary/aromatic N) is 1. The van der Waals surface area contributed by atoms with E-state index in [9.17, 15) is 48.8 Å². The molecule has 30 nitrogen and oxygen atoms in total. The lowest BCUT2D eigenvalue weighted by molar-refractivity contribution is -0.385. The number of esters is 7. The number of nitro benzene ring substituents is 1. The lowest BCUT2D eigenvalue weighted by atomic mass is 9.83. The summed E-state index contributed by atoms with van der Waals surface area (Å²) in [7, 11) is 4.65. The molecule has 1 atom stereocenters. The number of aryl methyl sites for hydroxylation is 1. The Hall–Kier alpha value is -8.30. The number of carbonyl (C=O) groups is 7. The van der Waals surface area contributed by atoms with Crippen LogP contribution < -0.4 is 60.9 Å². The van der Waals surface area contributed by atoms with E-state index in [1.807, 2.05) is 140 Å². The van der Waals surface area contributed by atoms with Crippen LogP contribution in [0.1, 0.15) is 241 Å². The molecule has 8 N–H and O–H groups in total. The van der Waals surface area contributed by atoms with Crippen molar-refractivity contribution in [1.29, 1.82) is 0 Å². The van der Waals surface area contributed by atoms with E-state index >= 15 is 0 Å². The third-order valence-corrected chi connectivity index (χ3v) is 31.7. The molecule has 7 fully saturated rings. The van der Waals surface area contributed by atoms with Gasteiger partial charge in [-0.1, -0.05) is 109 Å². The maximum Gasteiger partial charge on any atom is 0.344 e. The van der Waals surface area contributed by atoms with E-state index in [4.69, 9.17) is 91.6 Å². The minimum Gasteiger partial charge on any atom is -0.496 e. The van der Waals surface area contributed by atoms with Crippen LogP contribution in [0.2, 0.25) is 15.1 Å². The molecule has 0 amide bonds. The Morgan fingerprint density at radius 3 is 1.11 bits per heavy atom. The highest BCUT2D eigenvalue weighted by Gasteiger charge is 2.43. The van der Waals surface area contributed by atoms with Gasteiger partial charge in [-0.25, -0.2) is 28.8 Å². The average Bonchev–Trinajstić information content (AvgIpc) is 0.805. The van der Waals surface area contributed by atoms with Crippen LogP contribution in [0.15, 0.2) is 157 Å². The minimum atomic E-state index is -1.27. The van der Waals surface area contributed by atoms with Crippen LogP contribution in [-0.4, -0.2) is 217 Å². The van der Waals surface area contributed by atoms with Gasteiger partial charge in [0.15, 0.2) is 19.3 Å². The first-order chi connectivity index (χ1) is 70.9. The van der Waals surface area contributed by atoms with Crippen molar-refractivity contribution < 1.29 is 100 Å². The number of para-hydroxylation sites is 1. The number of aliphatic hydroxyl groups excluding tert-OH is 1. The van der Waals surface area contributed by atoms with Gasteiger partial charge in [0, 0.05) is 82.6 Å². The molecule has 7 saturated heterocycles. The first kappa shape index (κ1) is 127. The van der Waals surface area contributed by atoms with Crippen LogP contribution in [-0.2, 0) is 58.8 Å². The Balaban J connectivity index is 0.000000213. The third kappa shape index (κ3) is 41.1. The number of aliphatic hydroxyl groups is 1. The smallest absolute Gasteiger partial charge is 0.344 e. The van der Waals surface area contributed by atoms with Gasteiger partial charge in [0.2, 0.25) is 0 Å². The summed E-state index contributed by atoms with van der Waals surface area (Å²) in [5.41, 5.74) is -0.298. The van der Waals surface area contributed by atoms with Crippen LogP contribution >= 0.6 is 98.5 Å². The molecule has 828 valence electrons. The Morgan fingerprint density at radius 1 is 0.373 bits per heavy atom. The summed E-state index contributed by atoms with van der Waals surface area (Å²) in [6.07, 6.45) is 12.7. The van der Waals surface area contributed by atoms with Crippen molar-refractivity contribution in [2.24, 2.45) is 41.4 Å². The second-order valence-electron chi connectivity index (χ2n) is 42.0. The molecule has 14 rings (SSSR count). The molecule has 0 spiro atoms. The second kappa shape index (κ2) is 61.3. The number of nitro groups is 1. The number of piperidine rings is 7. The molecule has 150 heavy (non-hydrogen) atoms. The molecular formula is C113H155Br4Cl3N8O22. The Labute approximate surface area is 934 Å². The van der Waals surface area contributed by atoms with Crippen molar-refractivity contribution in [2.75, 3.05) is 126 Å². The molecule has 7 aromatic carbocycles. The third-order valence-electron chi connectivity index (χ3n) is 28.7. The predicted molar refractivity (Wildman–Crippen MR) is 600 cm³/mol. The molecule has 7 aromatic rings. The number of benzene rings is 7. The van der Waals surface area contributed by atoms with E-state index < -0.39 is 62.2 Å². The fourth-order valence-corrected chi connectivity index (χ4v) is 21.6. The number of methoxy groups -OCH3 is 3. The van der Waals surface area contributed by atoms with Gasteiger partial charge in [0.1, 0.15) is 79.1 Å². The number of carbonyl (C=O) groups excluding carboxylic acids is 7. The normalized spacial score (nSPS) is 16.7. The average molecular weight is 2400 g/mol. The van der Waals surface area contributed by atoms with Crippen molar-refractivity contribution in [3.8, 4) is 28.7 Å². The lowest BCUT2D eigenvalue weighted by Gasteiger charge is -2.37. The highest BCUT2D eigenvalue weighted by Crippen LogP contribution is 2.42. The Morgan fingerprint density at radius 2 is 0.720 bits per heavy atom. The standard InChI is InChI=1S/C17H24BrNO4.C16H21BrN2O4.C16H22BrNO3.C16H22BrNO2.3C16H22ClNO3/c1-17(2,11-5-7-19-8-6-11)23-16(20)12-9-13(18)15(22-4)10-14(12)21-3;1-16(2,12-5-7-18-8-6-12)23-15(20)9-11-3-4-13(17)10-14(11)19(21)22;1-16(2,11-6-8-18-9-7-11)21-15(19)13-10-12(17)4-5-14(13)20-3;1-11-5-4-6-13(17)14(11)15(19)20-16(2,3)12-7-9-18-10-8-12;1-16(2,12-7-9-18-10-8-12)21-15(19)11-20-14-5-3-13(17)4-6-14;1-16(2,12-7-9-18-10-8-12)21-15(20)14(19)11-3-5-13(17)6-4-11;1-16(2,12-7-9-18-10-8-12)21-15(19)11-20-14-6-4-3-5-13(14)17/h9-11,19H,5-8H2,1-4H3;3-4,10,12,18H,5-9H2,1-2H3;4-5,10-11,18H,6-9H2,1-3H3;4-6,12,18H,7-10H2,1-3H3;3-6,12,18H,7-11H2,1-2H3;3-6,12,14,18-19H,7-10H2,1-2H3;3-6,12,18H,7-11H2,1-2H3. The van der Waals surface area contributed by atoms with Crippen molar-refractivity contribution in [2.45, 2.75) is 245 Å². The van der Waals surface area contributed by atoms with Crippen LogP contribution in [0.5, 0.6) is 28.7 Å². The summed E-state index contributed by atoms with van der Waals surface area (Å²) < 4.78 is 69.4. The molecule has 7 aliphatic heterocycles. The van der Waals surface area contributed by atoms with Crippen molar-refractivity contribution in [3.05, 3.63) is 216 Å². The second-order valence-corrected chi connectivity index (χ2v) is 46.8. The SMILES string of the molecule is CC(C)(OC(=O)C(O)c1ccc(Cl)cc1)C1CCNCC1.CC(C)(OC(=O)COc1ccc(Cl)cc1)C1CCNCC1.CC(C)(OC(=O)COc1ccccc1Cl)C1CCNCC1.CC(C)(OC(=O)Cc1ccc(Br)cc1[N+](=O)[O-])C1CCNCC1.COc1cc(OC)c(C(=O)OC(C)(C)C2CCNCC2)cc1Br.COc1ccc(Br)cc1C(=O)OC(C)(C)C1CCNCC1.Cc1cccc(Br)c1C(=O)OC(C)(C)C1CCNCC1. The number of rotatable bonds is 31. The zero-order valence-electron chi connectivity index (χ0n) is 89.9. The van der Waals surface area contributed by atoms with Crippen molar-refractivity contribution in [1.82, 2.24) is 37.2 Å². The van der Waals surface area contributed by atoms with E-state index in [1.165, 1.54) is 13.2 Å². The highest BCUT2D eigenvalue weighted by molar-refractivity contribution is 9.11. The number of hydrogen-bond acceptors (Lipinski definition) is 29. The summed E-state index contributed by atoms with van der Waals surface area (Å²) >= 11 is 31.0. The molecule has 0 bridgehead atoms. The first-order valence-electron chi connectivity index (χ1n) is 51.6. The zero-order valence-corrected chi connectivity index (χ0v) is 98.5. The Kier molecular flexibility index (Phi) is 51.8. The molecule has 1 unspecified atom stereocenters. The van der Waals surface area contributed by atoms with Gasteiger partial charge in [-0.3, -0.25) is 14.9 Å². The van der Waals surface area contributed by atoms with E-state index in [1.54, 1.807) is 111 Å². The van der Waals surface area contributed by atoms with Gasteiger partial charge in [-0.05, 0) is 413 Å². The summed E-state index contributed by atoms with van der Waals surface area (Å²) in [5, 5.41) is 46.1. The first-order valence-corrected chi connectivity index (χ1v) is 55.9. The molecule has 7 heterocycles. The maximum absolute atomic E-state index is 12.7. The fraction of sp³-hybridized carbons (Fsp3) is 0.566. The number of ether oxygens (including phenoxy) is 12. The van der Waals surface area contributed by atoms with E-state index in [0.717, 1.165) is 196 Å². The summed E-state index contributed by atoms with van der Waals surface area (Å²) in [6, 6.07) is 39.6. The van der Waals surface area contributed by atoms with Crippen molar-refractivity contribution >= 4 is 146 Å². The molecule has 0 saturated carbocycles. The molecule has 0 radical (unpaired) electrons. The molecule has 0 aromatic heterocycles. The molecule has 0 aliphatic carbocycles. The minimum absolute atomic E-state index is 0.0732. The van der Waals surface area contributed by atoms with Crippen LogP contribution in [0, 0.1) is 58.5 Å². The Bertz CT molecular complexity index is 5450. The summed E-state index contributed by atoms with van der Waals surface area (Å²) in [5.74, 6) is 2.49. The highest BCUT2D eigenvalue weighted by atomic mass is 79.9. The number of halogens is 7. The van der Waals surface area contributed by atoms with Gasteiger partial charge in [-0.15, -0.1) is 0 Å². The van der Waals surface area contributed by atoms with Gasteiger partial charge >= 0.3 is 41.8 Å². The van der Waals surface area contributed by atoms with Gasteiger partial charge < -0.3 is 99.2 Å². The molecule has 7 aliphatic rings. The maximum atomic E-state index is 12.7. The fourth-order valence-electron chi connectivity index (χ4n) is 19.3. The molecular weight excluding hydrogens is 2250 g/mol. The van der Waals surface area contributed by atoms with Gasteiger partial charge in [-0.2, -0.15) is 0 Å². The van der Waals surface area contributed by atoms with E-state index in [0.29, 0.717) is 122 Å². The zero-order chi connectivity index (χ0) is 110. The predicted octanol–water partition coefficient (Wildman–Crippen LogP) is 22.5.